The molecule has 2 heterocycles. The van der Waals surface area contributed by atoms with E-state index >= 15 is 0 Å². The number of benzene rings is 1. The predicted octanol–water partition coefficient (Wildman–Crippen LogP) is 4.91. The van der Waals surface area contributed by atoms with Crippen molar-refractivity contribution in [2.75, 3.05) is 5.32 Å². The highest BCUT2D eigenvalue weighted by molar-refractivity contribution is 5.78. The van der Waals surface area contributed by atoms with Gasteiger partial charge in [-0.2, -0.15) is 18.3 Å². The highest BCUT2D eigenvalue weighted by atomic mass is 19.4. The van der Waals surface area contributed by atoms with Crippen molar-refractivity contribution in [1.29, 1.82) is 0 Å². The van der Waals surface area contributed by atoms with Gasteiger partial charge < -0.3 is 10.6 Å². The van der Waals surface area contributed by atoms with Crippen LogP contribution in [0.3, 0.4) is 0 Å². The number of halogens is 3. The summed E-state index contributed by atoms with van der Waals surface area (Å²) in [7, 11) is 1.83. The predicted molar refractivity (Wildman–Crippen MR) is 122 cm³/mol. The average molecular weight is 473 g/mol. The summed E-state index contributed by atoms with van der Waals surface area (Å²) in [6, 6.07) is 7.68. The van der Waals surface area contributed by atoms with Crippen molar-refractivity contribution in [2.45, 2.75) is 45.3 Å². The maximum atomic E-state index is 12.8. The summed E-state index contributed by atoms with van der Waals surface area (Å²) in [4.78, 5) is 21.3. The molecule has 10 heteroatoms. The molecule has 0 spiro atoms. The van der Waals surface area contributed by atoms with Crippen LogP contribution in [0.25, 0.3) is 11.3 Å². The van der Waals surface area contributed by atoms with Gasteiger partial charge in [-0.3, -0.25) is 9.48 Å². The maximum Gasteiger partial charge on any atom is 0.391 e. The maximum absolute atomic E-state index is 12.8. The Morgan fingerprint density at radius 3 is 2.59 bits per heavy atom. The molecule has 1 fully saturated rings. The van der Waals surface area contributed by atoms with Crippen molar-refractivity contribution in [3.63, 3.8) is 0 Å². The minimum atomic E-state index is -4.17. The number of nitrogens with one attached hydrogen (secondary N) is 2. The van der Waals surface area contributed by atoms with Crippen LogP contribution in [0.1, 0.15) is 36.8 Å². The van der Waals surface area contributed by atoms with Crippen molar-refractivity contribution in [2.24, 2.45) is 18.9 Å². The fourth-order valence-electron chi connectivity index (χ4n) is 4.26. The molecule has 34 heavy (non-hydrogen) atoms. The summed E-state index contributed by atoms with van der Waals surface area (Å²) in [5, 5.41) is 10.1. The van der Waals surface area contributed by atoms with Crippen LogP contribution in [0.2, 0.25) is 0 Å². The Morgan fingerprint density at radius 1 is 1.18 bits per heavy atom. The number of hydrogen-bond acceptors (Lipinski definition) is 5. The van der Waals surface area contributed by atoms with Gasteiger partial charge >= 0.3 is 6.18 Å². The van der Waals surface area contributed by atoms with Gasteiger partial charge in [0, 0.05) is 37.5 Å². The zero-order valence-corrected chi connectivity index (χ0v) is 19.1. The van der Waals surface area contributed by atoms with Crippen molar-refractivity contribution >= 4 is 17.5 Å². The molecule has 3 aromatic rings. The van der Waals surface area contributed by atoms with Crippen molar-refractivity contribution in [1.82, 2.24) is 25.1 Å². The summed E-state index contributed by atoms with van der Waals surface area (Å²) in [5.41, 5.74) is 4.38. The Balaban J connectivity index is 1.35. The summed E-state index contributed by atoms with van der Waals surface area (Å²) in [6.07, 6.45) is 1.61. The molecule has 1 aromatic carbocycles. The minimum absolute atomic E-state index is 0.0197. The lowest BCUT2D eigenvalue weighted by molar-refractivity contribution is -0.184. The second-order valence-corrected chi connectivity index (χ2v) is 8.74. The molecular formula is C24H27F3N6O. The molecule has 1 aliphatic rings. The molecule has 4 rings (SSSR count). The molecule has 0 radical (unpaired) electrons. The van der Waals surface area contributed by atoms with E-state index in [0.717, 1.165) is 28.1 Å². The van der Waals surface area contributed by atoms with Crippen LogP contribution in [-0.4, -0.2) is 31.8 Å². The summed E-state index contributed by atoms with van der Waals surface area (Å²) < 4.78 is 40.2. The standard InChI is InChI=1S/C24H27F3N6O/c1-15-11-17(21-9-10-28-23(32-21)31-20-13-30-33(2)14-20)3-4-18(15)12-29-22(34)16-5-7-19(8-6-16)24(25,26)27/h3-4,9-11,13-14,16,19H,5-8,12H2,1-2H3,(H,29,34)(H,28,31,32). The van der Waals surface area contributed by atoms with Crippen LogP contribution in [0.15, 0.2) is 42.9 Å². The Labute approximate surface area is 195 Å². The first-order valence-corrected chi connectivity index (χ1v) is 11.2. The lowest BCUT2D eigenvalue weighted by Gasteiger charge is -2.29. The zero-order chi connectivity index (χ0) is 24.3. The number of hydrogen-bond donors (Lipinski definition) is 2. The van der Waals surface area contributed by atoms with Gasteiger partial charge in [0.1, 0.15) is 0 Å². The van der Waals surface area contributed by atoms with Crippen LogP contribution < -0.4 is 10.6 Å². The number of carbonyl (C=O) groups excluding carboxylic acids is 1. The lowest BCUT2D eigenvalue weighted by atomic mass is 9.81. The SMILES string of the molecule is Cc1cc(-c2ccnc(Nc3cnn(C)c3)n2)ccc1CNC(=O)C1CCC(C(F)(F)F)CC1. The highest BCUT2D eigenvalue weighted by Crippen LogP contribution is 2.39. The molecule has 0 bridgehead atoms. The second-order valence-electron chi connectivity index (χ2n) is 8.74. The smallest absolute Gasteiger partial charge is 0.352 e. The zero-order valence-electron chi connectivity index (χ0n) is 19.1. The van der Waals surface area contributed by atoms with Gasteiger partial charge in [-0.25, -0.2) is 9.97 Å². The van der Waals surface area contributed by atoms with E-state index in [9.17, 15) is 18.0 Å². The first-order valence-electron chi connectivity index (χ1n) is 11.2. The van der Waals surface area contributed by atoms with Gasteiger partial charge in [0.05, 0.1) is 23.5 Å². The summed E-state index contributed by atoms with van der Waals surface area (Å²) in [6.45, 7) is 2.29. The van der Waals surface area contributed by atoms with Crippen LogP contribution in [0.5, 0.6) is 0 Å². The van der Waals surface area contributed by atoms with E-state index < -0.39 is 12.1 Å². The molecule has 1 aliphatic carbocycles. The Kier molecular flexibility index (Phi) is 6.85. The fourth-order valence-corrected chi connectivity index (χ4v) is 4.26. The molecule has 1 saturated carbocycles. The number of rotatable bonds is 6. The van der Waals surface area contributed by atoms with Gasteiger partial charge in [0.15, 0.2) is 0 Å². The van der Waals surface area contributed by atoms with Crippen molar-refractivity contribution in [3.05, 3.63) is 54.0 Å². The molecule has 2 aromatic heterocycles. The highest BCUT2D eigenvalue weighted by Gasteiger charge is 2.42. The van der Waals surface area contributed by atoms with Crippen molar-refractivity contribution in [3.8, 4) is 11.3 Å². The third kappa shape index (κ3) is 5.73. The molecule has 0 atom stereocenters. The number of aromatic nitrogens is 4. The van der Waals surface area contributed by atoms with Crippen LogP contribution in [-0.2, 0) is 18.4 Å². The van der Waals surface area contributed by atoms with Gasteiger partial charge in [0.2, 0.25) is 11.9 Å². The topological polar surface area (TPSA) is 84.7 Å². The Bertz CT molecular complexity index is 1150. The van der Waals surface area contributed by atoms with E-state index in [0.29, 0.717) is 12.5 Å². The largest absolute Gasteiger partial charge is 0.391 e. The van der Waals surface area contributed by atoms with Crippen LogP contribution in [0.4, 0.5) is 24.8 Å². The molecule has 7 nitrogen and oxygen atoms in total. The third-order valence-corrected chi connectivity index (χ3v) is 6.27. The van der Waals surface area contributed by atoms with E-state index in [1.54, 1.807) is 17.1 Å². The molecule has 180 valence electrons. The van der Waals surface area contributed by atoms with Crippen LogP contribution in [0, 0.1) is 18.8 Å². The molecule has 0 aliphatic heterocycles. The molecular weight excluding hydrogens is 445 g/mol. The Hall–Kier alpha value is -3.43. The molecule has 1 amide bonds. The third-order valence-electron chi connectivity index (χ3n) is 6.27. The molecule has 2 N–H and O–H groups in total. The minimum Gasteiger partial charge on any atom is -0.352 e. The van der Waals surface area contributed by atoms with E-state index in [-0.39, 0.29) is 37.5 Å². The van der Waals surface area contributed by atoms with E-state index in [1.165, 1.54) is 0 Å². The van der Waals surface area contributed by atoms with Gasteiger partial charge in [-0.1, -0.05) is 12.1 Å². The van der Waals surface area contributed by atoms with Gasteiger partial charge in [-0.15, -0.1) is 0 Å². The van der Waals surface area contributed by atoms with E-state index in [2.05, 4.69) is 25.7 Å². The molecule has 0 saturated heterocycles. The normalized spacial score (nSPS) is 18.5. The first kappa shape index (κ1) is 23.7. The van der Waals surface area contributed by atoms with Gasteiger partial charge in [-0.05, 0) is 55.9 Å². The van der Waals surface area contributed by atoms with Crippen molar-refractivity contribution < 1.29 is 18.0 Å². The summed E-state index contributed by atoms with van der Waals surface area (Å²) in [5.74, 6) is -1.36. The monoisotopic (exact) mass is 472 g/mol. The average Bonchev–Trinajstić information content (AvgIpc) is 3.22. The number of carbonyl (C=O) groups is 1. The number of alkyl halides is 3. The van der Waals surface area contributed by atoms with Gasteiger partial charge in [0.25, 0.3) is 0 Å². The number of anilines is 2. The van der Waals surface area contributed by atoms with Crippen LogP contribution >= 0.6 is 0 Å². The first-order chi connectivity index (χ1) is 16.2. The lowest BCUT2D eigenvalue weighted by Crippen LogP contribution is -2.35. The summed E-state index contributed by atoms with van der Waals surface area (Å²) >= 11 is 0. The quantitative estimate of drug-likeness (QED) is 0.532. The number of aryl methyl sites for hydroxylation is 2. The fraction of sp³-hybridized carbons (Fsp3) is 0.417. The number of nitrogens with zero attached hydrogens (tertiary/aromatic N) is 4. The second kappa shape index (κ2) is 9.82. The van der Waals surface area contributed by atoms with E-state index in [4.69, 9.17) is 0 Å². The molecule has 0 unspecified atom stereocenters. The number of amides is 1. The van der Waals surface area contributed by atoms with E-state index in [1.807, 2.05) is 44.4 Å². The Morgan fingerprint density at radius 2 is 1.94 bits per heavy atom.